The lowest BCUT2D eigenvalue weighted by atomic mass is 10.0. The lowest BCUT2D eigenvalue weighted by molar-refractivity contribution is 0.00602. The van der Waals surface area contributed by atoms with Gasteiger partial charge in [-0.25, -0.2) is 4.98 Å². The third-order valence-electron chi connectivity index (χ3n) is 3.52. The number of ether oxygens (including phenoxy) is 1. The van der Waals surface area contributed by atoms with Gasteiger partial charge >= 0.3 is 0 Å². The smallest absolute Gasteiger partial charge is 0.0952 e. The monoisotopic (exact) mass is 414 g/mol. The quantitative estimate of drug-likeness (QED) is 0.236. The first-order valence-electron chi connectivity index (χ1n) is 9.96. The molecular weight excluding hydrogens is 372 g/mol. The van der Waals surface area contributed by atoms with Crippen molar-refractivity contribution in [2.45, 2.75) is 59.7 Å². The molecule has 0 spiro atoms. The Balaban J connectivity index is 0. The molecule has 1 heterocycles. The second-order valence-electron chi connectivity index (χ2n) is 6.76. The Morgan fingerprint density at radius 1 is 1.34 bits per heavy atom. The number of aliphatic imine (C=N–C) groups is 1. The molecule has 0 bridgehead atoms. The zero-order valence-corrected chi connectivity index (χ0v) is 19.5. The Morgan fingerprint density at radius 3 is 2.45 bits per heavy atom. The van der Waals surface area contributed by atoms with E-state index in [1.165, 1.54) is 0 Å². The average molecular weight is 415 g/mol. The van der Waals surface area contributed by atoms with Crippen molar-refractivity contribution in [3.8, 4) is 0 Å². The zero-order valence-electron chi connectivity index (χ0n) is 19.5. The highest BCUT2D eigenvalue weighted by Crippen LogP contribution is 2.05. The van der Waals surface area contributed by atoms with Crippen LogP contribution in [0.15, 0.2) is 23.7 Å². The fourth-order valence-electron chi connectivity index (χ4n) is 1.61. The van der Waals surface area contributed by atoms with E-state index in [0.29, 0.717) is 18.9 Å². The van der Waals surface area contributed by atoms with Gasteiger partial charge in [-0.3, -0.25) is 9.83 Å². The van der Waals surface area contributed by atoms with Crippen LogP contribution in [0, 0.1) is 5.41 Å². The first-order chi connectivity index (χ1) is 13.7. The van der Waals surface area contributed by atoms with Crippen molar-refractivity contribution in [3.05, 3.63) is 18.7 Å². The fourth-order valence-corrected chi connectivity index (χ4v) is 1.61. The van der Waals surface area contributed by atoms with E-state index < -0.39 is 11.6 Å². The van der Waals surface area contributed by atoms with Crippen molar-refractivity contribution >= 4 is 11.4 Å². The van der Waals surface area contributed by atoms with E-state index in [4.69, 9.17) is 15.0 Å². The topological polar surface area (TPSA) is 117 Å². The molecule has 0 aromatic carbocycles. The summed E-state index contributed by atoms with van der Waals surface area (Å²) in [7, 11) is 3.63. The van der Waals surface area contributed by atoms with Gasteiger partial charge in [0.05, 0.1) is 50.0 Å². The van der Waals surface area contributed by atoms with E-state index in [-0.39, 0.29) is 13.2 Å². The molecule has 0 aliphatic rings. The number of aliphatic hydroxyl groups is 1. The normalized spacial score (nSPS) is 11.5. The van der Waals surface area contributed by atoms with Crippen molar-refractivity contribution in [1.29, 1.82) is 5.41 Å². The molecule has 0 aliphatic heterocycles. The Kier molecular flexibility index (Phi) is 18.7. The molecule has 4 N–H and O–H groups in total. The summed E-state index contributed by atoms with van der Waals surface area (Å²) in [6, 6.07) is 0. The van der Waals surface area contributed by atoms with Crippen molar-refractivity contribution in [3.63, 3.8) is 0 Å². The van der Waals surface area contributed by atoms with Gasteiger partial charge in [0.1, 0.15) is 0 Å². The second kappa shape index (κ2) is 18.4. The summed E-state index contributed by atoms with van der Waals surface area (Å²) in [6.45, 7) is 13.6. The number of hydrogen-bond donors (Lipinski definition) is 4. The van der Waals surface area contributed by atoms with E-state index in [2.05, 4.69) is 20.8 Å². The molecule has 1 aromatic rings. The van der Waals surface area contributed by atoms with Gasteiger partial charge in [-0.1, -0.05) is 13.8 Å². The Morgan fingerprint density at radius 2 is 1.97 bits per heavy atom. The highest BCUT2D eigenvalue weighted by Gasteiger charge is 2.24. The number of nitrogens with one attached hydrogen (secondary N) is 3. The molecule has 0 aliphatic carbocycles. The van der Waals surface area contributed by atoms with Gasteiger partial charge in [-0.15, -0.1) is 0 Å². The fraction of sp³-hybridized carbons (Fsp3) is 0.750. The van der Waals surface area contributed by atoms with E-state index in [1.807, 2.05) is 48.6 Å². The third-order valence-corrected chi connectivity index (χ3v) is 3.52. The Bertz CT molecular complexity index is 528. The van der Waals surface area contributed by atoms with Crippen molar-refractivity contribution in [2.75, 3.05) is 40.5 Å². The summed E-state index contributed by atoms with van der Waals surface area (Å²) in [4.78, 5) is 13.0. The molecular formula is C20H42N6O3. The number of rotatable bonds is 12. The van der Waals surface area contributed by atoms with Crippen molar-refractivity contribution in [2.24, 2.45) is 4.99 Å². The summed E-state index contributed by atoms with van der Waals surface area (Å²) < 4.78 is 7.18. The summed E-state index contributed by atoms with van der Waals surface area (Å²) in [5.41, 5.74) is 3.71. The van der Waals surface area contributed by atoms with Crippen LogP contribution in [0.2, 0.25) is 0 Å². The van der Waals surface area contributed by atoms with Crippen LogP contribution in [0.4, 0.5) is 0 Å². The maximum absolute atomic E-state index is 9.85. The van der Waals surface area contributed by atoms with Crippen molar-refractivity contribution < 1.29 is 14.7 Å². The van der Waals surface area contributed by atoms with Gasteiger partial charge < -0.3 is 25.1 Å². The van der Waals surface area contributed by atoms with Crippen LogP contribution in [0.5, 0.6) is 0 Å². The molecule has 170 valence electrons. The van der Waals surface area contributed by atoms with E-state index in [0.717, 1.165) is 12.3 Å². The molecule has 1 aromatic heterocycles. The highest BCUT2D eigenvalue weighted by atomic mass is 16.6. The van der Waals surface area contributed by atoms with Crippen LogP contribution in [-0.2, 0) is 16.1 Å². The van der Waals surface area contributed by atoms with E-state index >= 15 is 0 Å². The van der Waals surface area contributed by atoms with Gasteiger partial charge in [0.25, 0.3) is 0 Å². The standard InChI is InChI=1S/C14H27N5O3.C4H9N.C2H6/c1-14(2,18-22-7-5-16-3)13(15)10-21-9-12(20)8-19-6-4-17-11-19;1-4(2)5-3;1-2/h4,6,11-12,15-16,18,20H,5,7-10H2,1-3H3;1-3H3;1-2H3. The molecule has 0 fully saturated rings. The Hall–Kier alpha value is -1.65. The molecule has 29 heavy (non-hydrogen) atoms. The number of imidazole rings is 1. The summed E-state index contributed by atoms with van der Waals surface area (Å²) in [5.74, 6) is 0. The maximum atomic E-state index is 9.85. The number of aliphatic hydroxyl groups excluding tert-OH is 1. The van der Waals surface area contributed by atoms with Crippen LogP contribution in [0.1, 0.15) is 41.5 Å². The minimum Gasteiger partial charge on any atom is -0.389 e. The molecule has 0 saturated heterocycles. The van der Waals surface area contributed by atoms with Crippen LogP contribution >= 0.6 is 0 Å². The van der Waals surface area contributed by atoms with Crippen molar-refractivity contribution in [1.82, 2.24) is 20.3 Å². The number of hydrogen-bond acceptors (Lipinski definition) is 8. The van der Waals surface area contributed by atoms with Crippen LogP contribution in [0.3, 0.4) is 0 Å². The molecule has 1 unspecified atom stereocenters. The number of nitrogens with zero attached hydrogens (tertiary/aromatic N) is 3. The summed E-state index contributed by atoms with van der Waals surface area (Å²) in [5, 5.41) is 20.8. The second-order valence-corrected chi connectivity index (χ2v) is 6.76. The minimum atomic E-state index is -0.634. The molecule has 9 nitrogen and oxygen atoms in total. The highest BCUT2D eigenvalue weighted by molar-refractivity contribution is 5.91. The largest absolute Gasteiger partial charge is 0.389 e. The molecule has 0 radical (unpaired) electrons. The van der Waals surface area contributed by atoms with Gasteiger partial charge in [0, 0.05) is 31.7 Å². The predicted molar refractivity (Wildman–Crippen MR) is 120 cm³/mol. The number of aromatic nitrogens is 2. The van der Waals surface area contributed by atoms with E-state index in [1.54, 1.807) is 30.3 Å². The van der Waals surface area contributed by atoms with Crippen LogP contribution < -0.4 is 10.8 Å². The van der Waals surface area contributed by atoms with Gasteiger partial charge in [-0.2, -0.15) is 5.48 Å². The molecule has 0 amide bonds. The minimum absolute atomic E-state index is 0.135. The van der Waals surface area contributed by atoms with E-state index in [9.17, 15) is 5.11 Å². The summed E-state index contributed by atoms with van der Waals surface area (Å²) in [6.07, 6.45) is 4.44. The molecule has 1 atom stereocenters. The maximum Gasteiger partial charge on any atom is 0.0952 e. The van der Waals surface area contributed by atoms with Gasteiger partial charge in [-0.05, 0) is 34.7 Å². The van der Waals surface area contributed by atoms with Crippen LogP contribution in [-0.4, -0.2) is 78.2 Å². The molecule has 0 saturated carbocycles. The SMILES string of the molecule is CC.CN=C(C)C.CNCCONC(C)(C)C(=N)COCC(O)Cn1ccnc1. The summed E-state index contributed by atoms with van der Waals surface area (Å²) >= 11 is 0. The van der Waals surface area contributed by atoms with Gasteiger partial charge in [0.2, 0.25) is 0 Å². The average Bonchev–Trinajstić information content (AvgIpc) is 3.20. The zero-order chi connectivity index (χ0) is 22.7. The lowest BCUT2D eigenvalue weighted by Crippen LogP contribution is -2.48. The van der Waals surface area contributed by atoms with Crippen LogP contribution in [0.25, 0.3) is 0 Å². The number of hydroxylamine groups is 1. The Labute approximate surface area is 176 Å². The molecule has 9 heteroatoms. The predicted octanol–water partition coefficient (Wildman–Crippen LogP) is 1.92. The number of likely N-dealkylation sites (N-methyl/N-ethyl adjacent to an activating group) is 1. The van der Waals surface area contributed by atoms with Gasteiger partial charge in [0.15, 0.2) is 0 Å². The molecule has 1 rings (SSSR count). The first kappa shape index (κ1) is 29.6. The lowest BCUT2D eigenvalue weighted by Gasteiger charge is -2.26. The first-order valence-corrected chi connectivity index (χ1v) is 9.96. The third kappa shape index (κ3) is 17.0.